The van der Waals surface area contributed by atoms with Crippen molar-refractivity contribution in [3.8, 4) is 11.5 Å². The number of allylic oxidation sites excluding steroid dienone is 1. The number of hydrogen-bond donors (Lipinski definition) is 1. The Kier molecular flexibility index (Phi) is 6.47. The fraction of sp³-hybridized carbons (Fsp3) is 0.125. The normalized spacial score (nSPS) is 10.8. The van der Waals surface area contributed by atoms with Crippen LogP contribution in [0.15, 0.2) is 78.9 Å². The Balaban J connectivity index is 1.93. The average molecular weight is 374 g/mol. The van der Waals surface area contributed by atoms with E-state index in [9.17, 15) is 9.90 Å². The van der Waals surface area contributed by atoms with Crippen molar-refractivity contribution in [1.82, 2.24) is 0 Å². The molecule has 0 saturated heterocycles. The predicted molar refractivity (Wildman–Crippen MR) is 110 cm³/mol. The van der Waals surface area contributed by atoms with Crippen molar-refractivity contribution >= 4 is 12.0 Å². The number of carbonyl (C=O) groups is 1. The van der Waals surface area contributed by atoms with E-state index in [-0.39, 0.29) is 17.9 Å². The van der Waals surface area contributed by atoms with Gasteiger partial charge in [-0.1, -0.05) is 72.8 Å². The Morgan fingerprint density at radius 2 is 1.46 bits per heavy atom. The van der Waals surface area contributed by atoms with Gasteiger partial charge in [0.25, 0.3) is 0 Å². The predicted octanol–water partition coefficient (Wildman–Crippen LogP) is 5.58. The third-order valence-electron chi connectivity index (χ3n) is 4.13. The van der Waals surface area contributed by atoms with E-state index in [1.165, 1.54) is 0 Å². The van der Waals surface area contributed by atoms with Crippen LogP contribution in [-0.4, -0.2) is 11.1 Å². The molecule has 0 fully saturated rings. The van der Waals surface area contributed by atoms with Gasteiger partial charge < -0.3 is 14.6 Å². The highest BCUT2D eigenvalue weighted by atomic mass is 16.5. The van der Waals surface area contributed by atoms with E-state index in [0.29, 0.717) is 12.4 Å². The summed E-state index contributed by atoms with van der Waals surface area (Å²) in [6.45, 7) is 2.46. The minimum Gasteiger partial charge on any atom is -0.485 e. The Bertz CT molecular complexity index is 947. The van der Waals surface area contributed by atoms with Crippen molar-refractivity contribution in [3.63, 3.8) is 0 Å². The molecule has 0 aliphatic rings. The van der Waals surface area contributed by atoms with Crippen LogP contribution >= 0.6 is 0 Å². The SMILES string of the molecule is C/C=C/c1cc(OCc2ccccc2)c(OCc2ccccc2)c(C(=O)O)c1. The number of ether oxygens (including phenoxy) is 2. The maximum absolute atomic E-state index is 11.9. The van der Waals surface area contributed by atoms with Gasteiger partial charge in [0.15, 0.2) is 11.5 Å². The fourth-order valence-electron chi connectivity index (χ4n) is 2.79. The highest BCUT2D eigenvalue weighted by Gasteiger charge is 2.19. The van der Waals surface area contributed by atoms with E-state index in [2.05, 4.69) is 0 Å². The molecule has 3 aromatic rings. The van der Waals surface area contributed by atoms with Gasteiger partial charge in [0.05, 0.1) is 0 Å². The number of benzene rings is 3. The first-order chi connectivity index (χ1) is 13.7. The van der Waals surface area contributed by atoms with Crippen molar-refractivity contribution in [2.24, 2.45) is 0 Å². The molecule has 3 aromatic carbocycles. The molecule has 0 aliphatic heterocycles. The summed E-state index contributed by atoms with van der Waals surface area (Å²) in [6.07, 6.45) is 3.69. The van der Waals surface area contributed by atoms with Gasteiger partial charge >= 0.3 is 5.97 Å². The van der Waals surface area contributed by atoms with Crippen LogP contribution < -0.4 is 9.47 Å². The molecule has 3 rings (SSSR count). The lowest BCUT2D eigenvalue weighted by molar-refractivity contribution is 0.0690. The summed E-state index contributed by atoms with van der Waals surface area (Å²) in [6, 6.07) is 22.7. The molecule has 4 nitrogen and oxygen atoms in total. The lowest BCUT2D eigenvalue weighted by Crippen LogP contribution is -2.07. The molecule has 4 heteroatoms. The second-order valence-electron chi connectivity index (χ2n) is 6.25. The van der Waals surface area contributed by atoms with E-state index in [0.717, 1.165) is 16.7 Å². The standard InChI is InChI=1S/C24H22O4/c1-2-9-20-14-21(24(25)26)23(28-17-19-12-7-4-8-13-19)22(15-20)27-16-18-10-5-3-6-11-18/h2-15H,16-17H2,1H3,(H,25,26)/b9-2+. The van der Waals surface area contributed by atoms with Crippen LogP contribution in [0.4, 0.5) is 0 Å². The van der Waals surface area contributed by atoms with Crippen LogP contribution in [-0.2, 0) is 13.2 Å². The Morgan fingerprint density at radius 1 is 0.893 bits per heavy atom. The molecule has 0 radical (unpaired) electrons. The molecule has 0 heterocycles. The van der Waals surface area contributed by atoms with Crippen LogP contribution in [0.5, 0.6) is 11.5 Å². The van der Waals surface area contributed by atoms with E-state index < -0.39 is 5.97 Å². The molecule has 0 unspecified atom stereocenters. The summed E-state index contributed by atoms with van der Waals surface area (Å²) in [7, 11) is 0. The molecule has 28 heavy (non-hydrogen) atoms. The zero-order chi connectivity index (χ0) is 19.8. The van der Waals surface area contributed by atoms with Crippen molar-refractivity contribution in [2.45, 2.75) is 20.1 Å². The van der Waals surface area contributed by atoms with Crippen molar-refractivity contribution in [1.29, 1.82) is 0 Å². The Morgan fingerprint density at radius 3 is 2.00 bits per heavy atom. The molecule has 0 saturated carbocycles. The van der Waals surface area contributed by atoms with E-state index in [1.807, 2.05) is 79.7 Å². The minimum absolute atomic E-state index is 0.0783. The first-order valence-corrected chi connectivity index (χ1v) is 9.05. The molecule has 0 aromatic heterocycles. The lowest BCUT2D eigenvalue weighted by atomic mass is 10.1. The summed E-state index contributed by atoms with van der Waals surface area (Å²) in [5.74, 6) is -0.410. The van der Waals surface area contributed by atoms with Crippen LogP contribution in [0.3, 0.4) is 0 Å². The molecular weight excluding hydrogens is 352 g/mol. The monoisotopic (exact) mass is 374 g/mol. The summed E-state index contributed by atoms with van der Waals surface area (Å²) < 4.78 is 11.9. The smallest absolute Gasteiger partial charge is 0.339 e. The summed E-state index contributed by atoms with van der Waals surface area (Å²) in [4.78, 5) is 11.9. The Labute approximate surface area is 164 Å². The second-order valence-corrected chi connectivity index (χ2v) is 6.25. The van der Waals surface area contributed by atoms with Gasteiger partial charge in [0.2, 0.25) is 0 Å². The van der Waals surface area contributed by atoms with Gasteiger partial charge in [0, 0.05) is 0 Å². The number of rotatable bonds is 8. The summed E-state index contributed by atoms with van der Waals surface area (Å²) in [5.41, 5.74) is 2.76. The maximum atomic E-state index is 11.9. The zero-order valence-electron chi connectivity index (χ0n) is 15.7. The van der Waals surface area contributed by atoms with Gasteiger partial charge in [-0.2, -0.15) is 0 Å². The molecule has 1 N–H and O–H groups in total. The molecule has 142 valence electrons. The van der Waals surface area contributed by atoms with E-state index >= 15 is 0 Å². The fourth-order valence-corrected chi connectivity index (χ4v) is 2.79. The number of hydrogen-bond acceptors (Lipinski definition) is 3. The molecule has 0 aliphatic carbocycles. The number of carboxylic acid groups (broad SMARTS) is 1. The highest BCUT2D eigenvalue weighted by molar-refractivity contribution is 5.93. The summed E-state index contributed by atoms with van der Waals surface area (Å²) in [5, 5.41) is 9.71. The quantitative estimate of drug-likeness (QED) is 0.559. The van der Waals surface area contributed by atoms with Crippen molar-refractivity contribution in [3.05, 3.63) is 101 Å². The third kappa shape index (κ3) is 5.01. The van der Waals surface area contributed by atoms with Gasteiger partial charge in [-0.15, -0.1) is 0 Å². The van der Waals surface area contributed by atoms with Crippen LogP contribution in [0, 0.1) is 0 Å². The van der Waals surface area contributed by atoms with Gasteiger partial charge in [0.1, 0.15) is 18.8 Å². The molecule has 0 atom stereocenters. The molecular formula is C24H22O4. The van der Waals surface area contributed by atoms with Gasteiger partial charge in [-0.3, -0.25) is 0 Å². The van der Waals surface area contributed by atoms with E-state index in [4.69, 9.17) is 9.47 Å². The molecule has 0 spiro atoms. The van der Waals surface area contributed by atoms with Gasteiger partial charge in [-0.05, 0) is 35.7 Å². The van der Waals surface area contributed by atoms with Crippen molar-refractivity contribution in [2.75, 3.05) is 0 Å². The first-order valence-electron chi connectivity index (χ1n) is 9.05. The van der Waals surface area contributed by atoms with Crippen LogP contribution in [0.1, 0.15) is 34.0 Å². The zero-order valence-corrected chi connectivity index (χ0v) is 15.7. The minimum atomic E-state index is -1.06. The van der Waals surface area contributed by atoms with Gasteiger partial charge in [-0.25, -0.2) is 4.79 Å². The number of carboxylic acids is 1. The highest BCUT2D eigenvalue weighted by Crippen LogP contribution is 2.35. The first kappa shape index (κ1) is 19.2. The van der Waals surface area contributed by atoms with Crippen molar-refractivity contribution < 1.29 is 19.4 Å². The largest absolute Gasteiger partial charge is 0.485 e. The van der Waals surface area contributed by atoms with Crippen LogP contribution in [0.25, 0.3) is 6.08 Å². The topological polar surface area (TPSA) is 55.8 Å². The third-order valence-corrected chi connectivity index (χ3v) is 4.13. The second kappa shape index (κ2) is 9.42. The van der Waals surface area contributed by atoms with Crippen LogP contribution in [0.2, 0.25) is 0 Å². The molecule has 0 amide bonds. The number of aromatic carboxylic acids is 1. The average Bonchev–Trinajstić information content (AvgIpc) is 2.72. The lowest BCUT2D eigenvalue weighted by Gasteiger charge is -2.16. The molecule has 0 bridgehead atoms. The Hall–Kier alpha value is -3.53. The van der Waals surface area contributed by atoms with E-state index in [1.54, 1.807) is 12.1 Å². The summed E-state index contributed by atoms with van der Waals surface area (Å²) >= 11 is 0. The maximum Gasteiger partial charge on any atom is 0.339 e.